The van der Waals surface area contributed by atoms with Gasteiger partial charge in [-0.1, -0.05) is 30.3 Å². The second-order valence-corrected chi connectivity index (χ2v) is 4.71. The molecule has 3 rings (SSSR count). The Morgan fingerprint density at radius 2 is 1.78 bits per heavy atom. The standard InChI is InChI=1S/C16H10N2O5/c19-15(17-12-7-3-4-8-13(12)18(21)22)14-9-10-5-1-2-6-11(10)16(20)23-14/h1-9H,(H,17,19). The van der Waals surface area contributed by atoms with Gasteiger partial charge in [-0.25, -0.2) is 4.79 Å². The number of para-hydroxylation sites is 2. The van der Waals surface area contributed by atoms with Crippen molar-refractivity contribution in [2.75, 3.05) is 5.32 Å². The van der Waals surface area contributed by atoms with E-state index < -0.39 is 16.5 Å². The Bertz CT molecular complexity index is 977. The lowest BCUT2D eigenvalue weighted by Gasteiger charge is -2.05. The van der Waals surface area contributed by atoms with E-state index in [4.69, 9.17) is 4.42 Å². The third-order valence-electron chi connectivity index (χ3n) is 3.24. The molecule has 7 heteroatoms. The Hall–Kier alpha value is -3.48. The van der Waals surface area contributed by atoms with E-state index in [1.54, 1.807) is 30.3 Å². The molecule has 2 aromatic carbocycles. The summed E-state index contributed by atoms with van der Waals surface area (Å²) in [5.41, 5.74) is -0.863. The smallest absolute Gasteiger partial charge is 0.344 e. The van der Waals surface area contributed by atoms with Gasteiger partial charge in [0.05, 0.1) is 10.3 Å². The van der Waals surface area contributed by atoms with Crippen molar-refractivity contribution in [3.05, 3.63) is 80.9 Å². The summed E-state index contributed by atoms with van der Waals surface area (Å²) in [7, 11) is 0. The number of nitro benzene ring substituents is 1. The summed E-state index contributed by atoms with van der Waals surface area (Å²) in [5.74, 6) is -0.950. The van der Waals surface area contributed by atoms with Crippen molar-refractivity contribution in [3.8, 4) is 0 Å². The summed E-state index contributed by atoms with van der Waals surface area (Å²) in [6, 6.07) is 13.8. The maximum absolute atomic E-state index is 12.2. The second-order valence-electron chi connectivity index (χ2n) is 4.71. The molecule has 3 aromatic rings. The van der Waals surface area contributed by atoms with Crippen LogP contribution < -0.4 is 10.9 Å². The van der Waals surface area contributed by atoms with E-state index in [1.807, 2.05) is 0 Å². The van der Waals surface area contributed by atoms with Gasteiger partial charge in [0.15, 0.2) is 5.76 Å². The number of fused-ring (bicyclic) bond motifs is 1. The minimum absolute atomic E-state index is 0.0262. The molecule has 0 aliphatic heterocycles. The maximum Gasteiger partial charge on any atom is 0.344 e. The Kier molecular flexibility index (Phi) is 3.60. The lowest BCUT2D eigenvalue weighted by atomic mass is 10.1. The molecule has 0 saturated carbocycles. The van der Waals surface area contributed by atoms with Crippen molar-refractivity contribution in [2.24, 2.45) is 0 Å². The Balaban J connectivity index is 1.99. The SMILES string of the molecule is O=C(Nc1ccccc1[N+](=O)[O-])c1cc2ccccc2c(=O)o1. The molecule has 0 radical (unpaired) electrons. The van der Waals surface area contributed by atoms with Crippen LogP contribution in [0.25, 0.3) is 10.8 Å². The van der Waals surface area contributed by atoms with Crippen LogP contribution in [0.15, 0.2) is 63.8 Å². The van der Waals surface area contributed by atoms with Crippen molar-refractivity contribution in [1.29, 1.82) is 0 Å². The topological polar surface area (TPSA) is 102 Å². The number of amides is 1. The predicted molar refractivity (Wildman–Crippen MR) is 83.5 cm³/mol. The molecule has 0 spiro atoms. The molecule has 114 valence electrons. The first kappa shape index (κ1) is 14.5. The number of carbonyl (C=O) groups is 1. The van der Waals surface area contributed by atoms with E-state index in [0.717, 1.165) is 0 Å². The van der Waals surface area contributed by atoms with Crippen molar-refractivity contribution in [3.63, 3.8) is 0 Å². The summed E-state index contributed by atoms with van der Waals surface area (Å²) in [6.07, 6.45) is 0. The van der Waals surface area contributed by atoms with Crippen LogP contribution in [0.3, 0.4) is 0 Å². The molecule has 0 aliphatic carbocycles. The Morgan fingerprint density at radius 1 is 1.09 bits per heavy atom. The molecule has 0 bridgehead atoms. The molecule has 1 aromatic heterocycles. The van der Waals surface area contributed by atoms with Gasteiger partial charge >= 0.3 is 5.63 Å². The fraction of sp³-hybridized carbons (Fsp3) is 0. The van der Waals surface area contributed by atoms with E-state index in [2.05, 4.69) is 5.32 Å². The fourth-order valence-electron chi connectivity index (χ4n) is 2.17. The van der Waals surface area contributed by atoms with Crippen LogP contribution in [0.1, 0.15) is 10.6 Å². The molecule has 1 amide bonds. The van der Waals surface area contributed by atoms with Gasteiger partial charge in [0.2, 0.25) is 0 Å². The lowest BCUT2D eigenvalue weighted by molar-refractivity contribution is -0.383. The van der Waals surface area contributed by atoms with Gasteiger partial charge in [-0.05, 0) is 23.6 Å². The number of carbonyl (C=O) groups excluding carboxylic acids is 1. The maximum atomic E-state index is 12.2. The van der Waals surface area contributed by atoms with Crippen molar-refractivity contribution in [1.82, 2.24) is 0 Å². The number of anilines is 1. The molecular weight excluding hydrogens is 300 g/mol. The highest BCUT2D eigenvalue weighted by Crippen LogP contribution is 2.24. The van der Waals surface area contributed by atoms with E-state index in [0.29, 0.717) is 10.8 Å². The van der Waals surface area contributed by atoms with Crippen LogP contribution in [0, 0.1) is 10.1 Å². The number of nitrogens with one attached hydrogen (secondary N) is 1. The number of nitro groups is 1. The van der Waals surface area contributed by atoms with E-state index in [-0.39, 0.29) is 17.1 Å². The number of nitrogens with zero attached hydrogens (tertiary/aromatic N) is 1. The summed E-state index contributed by atoms with van der Waals surface area (Å²) in [5, 5.41) is 14.2. The first-order valence-electron chi connectivity index (χ1n) is 6.64. The van der Waals surface area contributed by atoms with Gasteiger partial charge in [0, 0.05) is 6.07 Å². The monoisotopic (exact) mass is 310 g/mol. The van der Waals surface area contributed by atoms with Gasteiger partial charge in [-0.2, -0.15) is 0 Å². The number of hydrogen-bond acceptors (Lipinski definition) is 5. The molecule has 0 fully saturated rings. The van der Waals surface area contributed by atoms with Crippen molar-refractivity contribution >= 4 is 28.1 Å². The van der Waals surface area contributed by atoms with Crippen LogP contribution >= 0.6 is 0 Å². The molecule has 7 nitrogen and oxygen atoms in total. The number of hydrogen-bond donors (Lipinski definition) is 1. The van der Waals surface area contributed by atoms with Crippen LogP contribution in [-0.4, -0.2) is 10.8 Å². The number of rotatable bonds is 3. The summed E-state index contributed by atoms with van der Waals surface area (Å²) < 4.78 is 4.99. The highest BCUT2D eigenvalue weighted by Gasteiger charge is 2.18. The second kappa shape index (κ2) is 5.72. The van der Waals surface area contributed by atoms with Crippen molar-refractivity contribution in [2.45, 2.75) is 0 Å². The first-order valence-corrected chi connectivity index (χ1v) is 6.64. The largest absolute Gasteiger partial charge is 0.417 e. The minimum atomic E-state index is -0.734. The third-order valence-corrected chi connectivity index (χ3v) is 3.24. The number of benzene rings is 2. The summed E-state index contributed by atoms with van der Waals surface area (Å²) in [6.45, 7) is 0. The fourth-order valence-corrected chi connectivity index (χ4v) is 2.17. The molecule has 0 unspecified atom stereocenters. The zero-order valence-electron chi connectivity index (χ0n) is 11.7. The average Bonchev–Trinajstić information content (AvgIpc) is 2.55. The van der Waals surface area contributed by atoms with Crippen molar-refractivity contribution < 1.29 is 14.1 Å². The van der Waals surface area contributed by atoms with E-state index >= 15 is 0 Å². The third kappa shape index (κ3) is 2.80. The summed E-state index contributed by atoms with van der Waals surface area (Å²) in [4.78, 5) is 34.4. The zero-order valence-corrected chi connectivity index (χ0v) is 11.7. The highest BCUT2D eigenvalue weighted by atomic mass is 16.6. The van der Waals surface area contributed by atoms with Gasteiger partial charge < -0.3 is 9.73 Å². The predicted octanol–water partition coefficient (Wildman–Crippen LogP) is 2.95. The van der Waals surface area contributed by atoms with Crippen LogP contribution in [-0.2, 0) is 0 Å². The quantitative estimate of drug-likeness (QED) is 0.592. The molecule has 1 N–H and O–H groups in total. The van der Waals surface area contributed by atoms with Gasteiger partial charge in [0.1, 0.15) is 5.69 Å². The van der Waals surface area contributed by atoms with Crippen LogP contribution in [0.4, 0.5) is 11.4 Å². The van der Waals surface area contributed by atoms with Gasteiger partial charge in [-0.15, -0.1) is 0 Å². The highest BCUT2D eigenvalue weighted by molar-refractivity contribution is 6.05. The van der Waals surface area contributed by atoms with E-state index in [1.165, 1.54) is 24.3 Å². The van der Waals surface area contributed by atoms with E-state index in [9.17, 15) is 19.7 Å². The van der Waals surface area contributed by atoms with Crippen LogP contribution in [0.2, 0.25) is 0 Å². The molecule has 0 saturated heterocycles. The Labute approximate surface area is 129 Å². The normalized spacial score (nSPS) is 10.4. The molecular formula is C16H10N2O5. The Morgan fingerprint density at radius 3 is 2.57 bits per heavy atom. The summed E-state index contributed by atoms with van der Waals surface area (Å²) >= 11 is 0. The molecule has 0 atom stereocenters. The minimum Gasteiger partial charge on any atom is -0.417 e. The zero-order chi connectivity index (χ0) is 16.4. The van der Waals surface area contributed by atoms with Gasteiger partial charge in [-0.3, -0.25) is 14.9 Å². The average molecular weight is 310 g/mol. The molecule has 1 heterocycles. The van der Waals surface area contributed by atoms with Crippen LogP contribution in [0.5, 0.6) is 0 Å². The molecule has 0 aliphatic rings. The first-order chi connectivity index (χ1) is 11.1. The molecule has 23 heavy (non-hydrogen) atoms. The lowest BCUT2D eigenvalue weighted by Crippen LogP contribution is -2.15. The van der Waals surface area contributed by atoms with Gasteiger partial charge in [0.25, 0.3) is 11.6 Å².